The predicted octanol–water partition coefficient (Wildman–Crippen LogP) is 13.5. The highest BCUT2D eigenvalue weighted by atomic mass is 15.1. The van der Waals surface area contributed by atoms with Crippen LogP contribution in [0.4, 0.5) is 0 Å². The topological polar surface area (TPSA) is 35.6 Å². The van der Waals surface area contributed by atoms with Crippen LogP contribution in [0.1, 0.15) is 22.9 Å². The minimum Gasteiger partial charge on any atom is -0.309 e. The smallest absolute Gasteiger partial charge is 0.161 e. The summed E-state index contributed by atoms with van der Waals surface area (Å²) in [4.78, 5) is 10.7. The van der Waals surface area contributed by atoms with E-state index >= 15 is 0 Å². The molecule has 58 heavy (non-hydrogen) atoms. The second-order valence-corrected chi connectivity index (χ2v) is 15.8. The Morgan fingerprint density at radius 1 is 0.431 bits per heavy atom. The van der Waals surface area contributed by atoms with Crippen LogP contribution >= 0.6 is 0 Å². The fourth-order valence-corrected chi connectivity index (χ4v) is 9.87. The molecule has 0 spiro atoms. The highest BCUT2D eigenvalue weighted by Crippen LogP contribution is 2.42. The molecule has 0 saturated heterocycles. The van der Waals surface area contributed by atoms with E-state index in [4.69, 9.17) is 9.97 Å². The summed E-state index contributed by atoms with van der Waals surface area (Å²) >= 11 is 0. The fraction of sp³-hybridized carbons (Fsp3) is 0.0370. The number of allylic oxidation sites excluding steroid dienone is 5. The van der Waals surface area contributed by atoms with Crippen molar-refractivity contribution in [2.75, 3.05) is 0 Å². The lowest BCUT2D eigenvalue weighted by Gasteiger charge is -2.28. The summed E-state index contributed by atoms with van der Waals surface area (Å²) in [5.41, 5.74) is 10.4. The van der Waals surface area contributed by atoms with Gasteiger partial charge in [0.05, 0.1) is 27.6 Å². The third-order valence-corrected chi connectivity index (χ3v) is 12.6. The monoisotopic (exact) mass is 738 g/mol. The zero-order chi connectivity index (χ0) is 37.9. The molecule has 2 aliphatic rings. The Hall–Kier alpha value is -7.56. The third-order valence-electron chi connectivity index (χ3n) is 12.6. The lowest BCUT2D eigenvalue weighted by molar-refractivity contribution is 0.694. The molecule has 0 radical (unpaired) electrons. The zero-order valence-corrected chi connectivity index (χ0v) is 31.4. The van der Waals surface area contributed by atoms with Gasteiger partial charge in [-0.2, -0.15) is 0 Å². The van der Waals surface area contributed by atoms with Crippen LogP contribution in [0.15, 0.2) is 188 Å². The second kappa shape index (κ2) is 12.0. The van der Waals surface area contributed by atoms with Gasteiger partial charge in [-0.05, 0) is 93.3 Å². The minimum absolute atomic E-state index is 0.238. The van der Waals surface area contributed by atoms with Crippen LogP contribution in [0.2, 0.25) is 0 Å². The molecule has 0 saturated carbocycles. The van der Waals surface area contributed by atoms with Gasteiger partial charge in [0.1, 0.15) is 5.82 Å². The largest absolute Gasteiger partial charge is 0.309 e. The lowest BCUT2D eigenvalue weighted by atomic mass is 9.76. The summed E-state index contributed by atoms with van der Waals surface area (Å²) in [7, 11) is 0. The molecule has 8 aromatic carbocycles. The highest BCUT2D eigenvalue weighted by Gasteiger charge is 2.27. The number of hydrogen-bond acceptors (Lipinski definition) is 2. The maximum atomic E-state index is 5.50. The molecule has 0 fully saturated rings. The average molecular weight is 739 g/mol. The molecule has 3 aromatic heterocycles. The first-order chi connectivity index (χ1) is 28.7. The number of hydrogen-bond donors (Lipinski definition) is 0. The second-order valence-electron chi connectivity index (χ2n) is 15.8. The van der Waals surface area contributed by atoms with E-state index in [1.54, 1.807) is 0 Å². The van der Waals surface area contributed by atoms with Crippen LogP contribution in [0.5, 0.6) is 0 Å². The van der Waals surface area contributed by atoms with Gasteiger partial charge >= 0.3 is 0 Å². The van der Waals surface area contributed by atoms with Gasteiger partial charge in [0, 0.05) is 50.0 Å². The summed E-state index contributed by atoms with van der Waals surface area (Å²) in [5, 5.41) is 10.8. The number of aromatic nitrogens is 4. The normalized spacial score (nSPS) is 16.2. The molecule has 2 unspecified atom stereocenters. The molecule has 0 N–H and O–H groups in total. The van der Waals surface area contributed by atoms with Crippen LogP contribution in [-0.4, -0.2) is 19.1 Å². The summed E-state index contributed by atoms with van der Waals surface area (Å²) in [6.45, 7) is 0. The molecule has 0 aliphatic heterocycles. The molecular formula is C54H34N4. The maximum Gasteiger partial charge on any atom is 0.161 e. The Morgan fingerprint density at radius 3 is 1.88 bits per heavy atom. The minimum atomic E-state index is 0.238. The predicted molar refractivity (Wildman–Crippen MR) is 242 cm³/mol. The molecule has 2 atom stereocenters. The van der Waals surface area contributed by atoms with Gasteiger partial charge in [-0.1, -0.05) is 134 Å². The van der Waals surface area contributed by atoms with Crippen molar-refractivity contribution in [3.05, 3.63) is 205 Å². The molecule has 13 rings (SSSR count). The molecule has 0 amide bonds. The van der Waals surface area contributed by atoms with Crippen LogP contribution in [0.25, 0.3) is 99.2 Å². The molecule has 4 heteroatoms. The van der Waals surface area contributed by atoms with Crippen molar-refractivity contribution < 1.29 is 0 Å². The Labute approximate surface area is 333 Å². The van der Waals surface area contributed by atoms with Gasteiger partial charge < -0.3 is 4.57 Å². The third kappa shape index (κ3) is 4.57. The average Bonchev–Trinajstić information content (AvgIpc) is 3.78. The Balaban J connectivity index is 1.04. The summed E-state index contributed by atoms with van der Waals surface area (Å²) in [6, 6.07) is 59.6. The zero-order valence-electron chi connectivity index (χ0n) is 31.4. The van der Waals surface area contributed by atoms with E-state index in [1.807, 2.05) is 0 Å². The first-order valence-electron chi connectivity index (χ1n) is 20.1. The van der Waals surface area contributed by atoms with Crippen LogP contribution < -0.4 is 0 Å². The van der Waals surface area contributed by atoms with Crippen LogP contribution in [-0.2, 0) is 0 Å². The van der Waals surface area contributed by atoms with Gasteiger partial charge in [0.25, 0.3) is 0 Å². The standard InChI is InChI=1S/C54H34N4/c1-2-13-36-31-51-46(28-35(36)12-1)42-15-6-9-19-49(42)57(51)40-26-25-37-29-47-43-16-7-10-20-50(43)58(52(47)32-39(37)27-40)54-44-17-5-8-18-48(44)55-53(56-54)38-24-23-34-22-21-33-11-3-4-14-41(33)45(34)30-38/h1-32,34,45H. The molecule has 270 valence electrons. The quantitative estimate of drug-likeness (QED) is 0.181. The van der Waals surface area contributed by atoms with Crippen molar-refractivity contribution >= 4 is 87.7 Å². The number of nitrogens with zero attached hydrogens (tertiary/aromatic N) is 4. The summed E-state index contributed by atoms with van der Waals surface area (Å²) in [6.07, 6.45) is 11.5. The highest BCUT2D eigenvalue weighted by molar-refractivity contribution is 6.16. The van der Waals surface area contributed by atoms with Crippen molar-refractivity contribution in [1.29, 1.82) is 0 Å². The van der Waals surface area contributed by atoms with Crippen molar-refractivity contribution in [3.8, 4) is 11.5 Å². The van der Waals surface area contributed by atoms with Gasteiger partial charge in [0.2, 0.25) is 0 Å². The first-order valence-corrected chi connectivity index (χ1v) is 20.1. The van der Waals surface area contributed by atoms with Gasteiger partial charge in [-0.3, -0.25) is 4.57 Å². The van der Waals surface area contributed by atoms with Crippen molar-refractivity contribution in [2.24, 2.45) is 5.92 Å². The lowest BCUT2D eigenvalue weighted by Crippen LogP contribution is -2.15. The molecule has 4 nitrogen and oxygen atoms in total. The van der Waals surface area contributed by atoms with Crippen LogP contribution in [0.3, 0.4) is 0 Å². The van der Waals surface area contributed by atoms with Gasteiger partial charge in [-0.15, -0.1) is 0 Å². The SMILES string of the molecule is C1=CC2C=Cc3ccccc3C2C=C1c1nc(-n2c3ccccc3c3cc4ccc(-n5c6ccccc6c6cc7ccccc7cc65)cc4cc32)c2ccccc2n1. The summed E-state index contributed by atoms with van der Waals surface area (Å²) in [5.74, 6) is 2.18. The number of benzene rings is 8. The number of para-hydroxylation sites is 3. The van der Waals surface area contributed by atoms with E-state index in [1.165, 1.54) is 65.3 Å². The Kier molecular flexibility index (Phi) is 6.53. The van der Waals surface area contributed by atoms with E-state index in [0.717, 1.165) is 44.8 Å². The van der Waals surface area contributed by atoms with Crippen LogP contribution in [0, 0.1) is 5.92 Å². The first kappa shape index (κ1) is 31.6. The molecule has 2 aliphatic carbocycles. The van der Waals surface area contributed by atoms with Gasteiger partial charge in [-0.25, -0.2) is 9.97 Å². The van der Waals surface area contributed by atoms with E-state index in [2.05, 4.69) is 203 Å². The number of rotatable bonds is 3. The molecular weight excluding hydrogens is 705 g/mol. The fourth-order valence-electron chi connectivity index (χ4n) is 9.87. The van der Waals surface area contributed by atoms with E-state index in [0.29, 0.717) is 5.92 Å². The van der Waals surface area contributed by atoms with E-state index in [9.17, 15) is 0 Å². The van der Waals surface area contributed by atoms with Crippen molar-refractivity contribution in [2.45, 2.75) is 5.92 Å². The van der Waals surface area contributed by atoms with Crippen molar-refractivity contribution in [3.63, 3.8) is 0 Å². The molecule has 3 heterocycles. The Morgan fingerprint density at radius 2 is 1.05 bits per heavy atom. The Bertz CT molecular complexity index is 3650. The van der Waals surface area contributed by atoms with Crippen molar-refractivity contribution in [1.82, 2.24) is 19.1 Å². The number of fused-ring (bicyclic) bond motifs is 12. The van der Waals surface area contributed by atoms with E-state index < -0.39 is 0 Å². The van der Waals surface area contributed by atoms with E-state index in [-0.39, 0.29) is 5.92 Å². The molecule has 0 bridgehead atoms. The maximum absolute atomic E-state index is 5.50. The summed E-state index contributed by atoms with van der Waals surface area (Å²) < 4.78 is 4.79. The molecule has 11 aromatic rings. The van der Waals surface area contributed by atoms with Gasteiger partial charge in [0.15, 0.2) is 5.82 Å².